The van der Waals surface area contributed by atoms with Gasteiger partial charge in [-0.15, -0.1) is 0 Å². The molecule has 160 valence electrons. The second-order valence-corrected chi connectivity index (χ2v) is 7.64. The molecular weight excluding hydrogens is 406 g/mol. The first-order valence-electron chi connectivity index (χ1n) is 9.79. The van der Waals surface area contributed by atoms with E-state index in [1.807, 2.05) is 13.8 Å². The largest absolute Gasteiger partial charge is 0.352 e. The van der Waals surface area contributed by atoms with E-state index >= 15 is 0 Å². The van der Waals surface area contributed by atoms with Gasteiger partial charge in [-0.25, -0.2) is 0 Å². The Balaban J connectivity index is 2.29. The van der Waals surface area contributed by atoms with Crippen molar-refractivity contribution in [1.29, 1.82) is 0 Å². The Bertz CT molecular complexity index is 902. The Hall–Kier alpha value is -2.93. The summed E-state index contributed by atoms with van der Waals surface area (Å²) in [5.41, 5.74) is 0.996. The van der Waals surface area contributed by atoms with Crippen LogP contribution in [0.5, 0.6) is 0 Å². The molecule has 2 amide bonds. The minimum Gasteiger partial charge on any atom is -0.352 e. The van der Waals surface area contributed by atoms with Gasteiger partial charge < -0.3 is 10.2 Å². The minimum atomic E-state index is -0.745. The van der Waals surface area contributed by atoms with Crippen LogP contribution in [0.1, 0.15) is 38.3 Å². The van der Waals surface area contributed by atoms with Crippen LogP contribution in [0.2, 0.25) is 5.02 Å². The number of nitrogens with zero attached hydrogens (tertiary/aromatic N) is 2. The van der Waals surface area contributed by atoms with Gasteiger partial charge in [0.25, 0.3) is 5.69 Å². The third-order valence-electron chi connectivity index (χ3n) is 4.96. The van der Waals surface area contributed by atoms with Crippen LogP contribution in [0, 0.1) is 10.1 Å². The average molecular weight is 432 g/mol. The van der Waals surface area contributed by atoms with Crippen LogP contribution in [-0.4, -0.2) is 33.7 Å². The third-order valence-corrected chi connectivity index (χ3v) is 5.22. The van der Waals surface area contributed by atoms with Crippen molar-refractivity contribution < 1.29 is 14.5 Å². The lowest BCUT2D eigenvalue weighted by Crippen LogP contribution is -2.49. The molecule has 2 aromatic carbocycles. The predicted octanol–water partition coefficient (Wildman–Crippen LogP) is 4.12. The van der Waals surface area contributed by atoms with Crippen LogP contribution < -0.4 is 5.32 Å². The maximum atomic E-state index is 13.2. The number of rotatable bonds is 9. The molecule has 0 heterocycles. The van der Waals surface area contributed by atoms with E-state index in [0.717, 1.165) is 12.0 Å². The number of nitrogens with one attached hydrogen (secondary N) is 1. The Kier molecular flexibility index (Phi) is 8.35. The fourth-order valence-electron chi connectivity index (χ4n) is 2.94. The molecule has 8 heteroatoms. The third kappa shape index (κ3) is 6.29. The molecule has 7 nitrogen and oxygen atoms in total. The molecular formula is C22H26ClN3O4. The molecule has 0 saturated carbocycles. The molecule has 0 aromatic heterocycles. The molecule has 0 aliphatic carbocycles. The van der Waals surface area contributed by atoms with E-state index in [9.17, 15) is 19.7 Å². The van der Waals surface area contributed by atoms with Gasteiger partial charge in [-0.1, -0.05) is 48.9 Å². The van der Waals surface area contributed by atoms with Gasteiger partial charge in [-0.2, -0.15) is 0 Å². The fourth-order valence-corrected chi connectivity index (χ4v) is 3.06. The second-order valence-electron chi connectivity index (χ2n) is 7.20. The molecule has 0 bridgehead atoms. The number of amides is 2. The molecule has 0 aliphatic rings. The molecule has 0 radical (unpaired) electrons. The van der Waals surface area contributed by atoms with Crippen LogP contribution in [0.4, 0.5) is 5.69 Å². The summed E-state index contributed by atoms with van der Waals surface area (Å²) in [5.74, 6) is -0.639. The summed E-state index contributed by atoms with van der Waals surface area (Å²) in [6, 6.07) is 12.4. The summed E-state index contributed by atoms with van der Waals surface area (Å²) in [6.07, 6.45) is 0.589. The highest BCUT2D eigenvalue weighted by Gasteiger charge is 2.28. The first-order chi connectivity index (χ1) is 14.2. The molecule has 0 fully saturated rings. The highest BCUT2D eigenvalue weighted by molar-refractivity contribution is 6.30. The maximum Gasteiger partial charge on any atom is 0.273 e. The van der Waals surface area contributed by atoms with Crippen molar-refractivity contribution in [3.8, 4) is 0 Å². The Morgan fingerprint density at radius 3 is 2.37 bits per heavy atom. The Morgan fingerprint density at radius 2 is 1.77 bits per heavy atom. The monoisotopic (exact) mass is 431 g/mol. The number of carbonyl (C=O) groups excluding carboxylic acids is 2. The van der Waals surface area contributed by atoms with Crippen LogP contribution in [0.3, 0.4) is 0 Å². The first-order valence-corrected chi connectivity index (χ1v) is 10.2. The van der Waals surface area contributed by atoms with E-state index in [-0.39, 0.29) is 36.5 Å². The van der Waals surface area contributed by atoms with Crippen molar-refractivity contribution in [2.45, 2.75) is 52.2 Å². The maximum absolute atomic E-state index is 13.2. The van der Waals surface area contributed by atoms with Crippen molar-refractivity contribution in [2.75, 3.05) is 0 Å². The summed E-state index contributed by atoms with van der Waals surface area (Å²) in [6.45, 7) is 5.70. The zero-order valence-corrected chi connectivity index (χ0v) is 18.1. The highest BCUT2D eigenvalue weighted by Crippen LogP contribution is 2.21. The minimum absolute atomic E-state index is 0.0253. The van der Waals surface area contributed by atoms with Gasteiger partial charge in [0.15, 0.2) is 0 Å². The molecule has 2 aromatic rings. The number of carbonyl (C=O) groups is 2. The summed E-state index contributed by atoms with van der Waals surface area (Å²) < 4.78 is 0. The number of hydrogen-bond donors (Lipinski definition) is 1. The SMILES string of the molecule is CC[C@@H](C)NC(=O)[C@H](C)N(Cc1ccc(Cl)cc1)C(=O)Cc1ccccc1[N+](=O)[O-]. The molecule has 2 atom stereocenters. The van der Waals surface area contributed by atoms with Crippen molar-refractivity contribution in [2.24, 2.45) is 0 Å². The smallest absolute Gasteiger partial charge is 0.273 e. The number of benzene rings is 2. The molecule has 2 rings (SSSR count). The molecule has 1 N–H and O–H groups in total. The normalized spacial score (nSPS) is 12.7. The topological polar surface area (TPSA) is 92.6 Å². The molecule has 0 unspecified atom stereocenters. The highest BCUT2D eigenvalue weighted by atomic mass is 35.5. The van der Waals surface area contributed by atoms with Crippen LogP contribution >= 0.6 is 11.6 Å². The number of hydrogen-bond acceptors (Lipinski definition) is 4. The zero-order chi connectivity index (χ0) is 22.3. The van der Waals surface area contributed by atoms with E-state index in [2.05, 4.69) is 5.32 Å². The number of para-hydroxylation sites is 1. The summed E-state index contributed by atoms with van der Waals surface area (Å²) in [5, 5.41) is 14.8. The van der Waals surface area contributed by atoms with Gasteiger partial charge in [0, 0.05) is 29.2 Å². The summed E-state index contributed by atoms with van der Waals surface area (Å²) in [4.78, 5) is 38.1. The van der Waals surface area contributed by atoms with E-state index in [4.69, 9.17) is 11.6 Å². The van der Waals surface area contributed by atoms with E-state index in [1.165, 1.54) is 11.0 Å². The van der Waals surface area contributed by atoms with Crippen molar-refractivity contribution in [3.05, 3.63) is 74.8 Å². The molecule has 0 aliphatic heterocycles. The van der Waals surface area contributed by atoms with Crippen molar-refractivity contribution >= 4 is 29.1 Å². The standard InChI is InChI=1S/C22H26ClN3O4/c1-4-15(2)24-22(28)16(3)25(14-17-9-11-19(23)12-10-17)21(27)13-18-7-5-6-8-20(18)26(29)30/h5-12,15-16H,4,13-14H2,1-3H3,(H,24,28)/t15-,16+/m1/s1. The summed E-state index contributed by atoms with van der Waals surface area (Å²) in [7, 11) is 0. The van der Waals surface area contributed by atoms with Crippen molar-refractivity contribution in [1.82, 2.24) is 10.2 Å². The van der Waals surface area contributed by atoms with E-state index < -0.39 is 11.0 Å². The van der Waals surface area contributed by atoms with E-state index in [1.54, 1.807) is 49.4 Å². The Morgan fingerprint density at radius 1 is 1.13 bits per heavy atom. The van der Waals surface area contributed by atoms with Gasteiger partial charge in [-0.3, -0.25) is 19.7 Å². The van der Waals surface area contributed by atoms with Gasteiger partial charge in [0.2, 0.25) is 11.8 Å². The summed E-state index contributed by atoms with van der Waals surface area (Å²) >= 11 is 5.94. The van der Waals surface area contributed by atoms with Gasteiger partial charge in [-0.05, 0) is 38.0 Å². The lowest BCUT2D eigenvalue weighted by Gasteiger charge is -2.29. The lowest BCUT2D eigenvalue weighted by atomic mass is 10.1. The predicted molar refractivity (Wildman–Crippen MR) is 116 cm³/mol. The number of nitro benzene ring substituents is 1. The van der Waals surface area contributed by atoms with Gasteiger partial charge >= 0.3 is 0 Å². The van der Waals surface area contributed by atoms with Gasteiger partial charge in [0.05, 0.1) is 11.3 Å². The van der Waals surface area contributed by atoms with Crippen LogP contribution in [0.15, 0.2) is 48.5 Å². The van der Waals surface area contributed by atoms with Gasteiger partial charge in [0.1, 0.15) is 6.04 Å². The Labute approximate surface area is 181 Å². The fraction of sp³-hybridized carbons (Fsp3) is 0.364. The average Bonchev–Trinajstić information content (AvgIpc) is 2.72. The van der Waals surface area contributed by atoms with Crippen LogP contribution in [0.25, 0.3) is 0 Å². The quantitative estimate of drug-likeness (QED) is 0.477. The lowest BCUT2D eigenvalue weighted by molar-refractivity contribution is -0.385. The molecule has 30 heavy (non-hydrogen) atoms. The first kappa shape index (κ1) is 23.3. The molecule has 0 spiro atoms. The molecule has 0 saturated heterocycles. The zero-order valence-electron chi connectivity index (χ0n) is 17.3. The van der Waals surface area contributed by atoms with E-state index in [0.29, 0.717) is 10.6 Å². The number of halogens is 1. The van der Waals surface area contributed by atoms with Crippen molar-refractivity contribution in [3.63, 3.8) is 0 Å². The second kappa shape index (κ2) is 10.7. The van der Waals surface area contributed by atoms with Crippen LogP contribution in [-0.2, 0) is 22.6 Å². The number of nitro groups is 1.